The summed E-state index contributed by atoms with van der Waals surface area (Å²) in [6.07, 6.45) is 6.04. The number of aromatic nitrogens is 2. The Morgan fingerprint density at radius 1 is 1.15 bits per heavy atom. The van der Waals surface area contributed by atoms with Crippen molar-refractivity contribution in [2.75, 3.05) is 29.5 Å². The van der Waals surface area contributed by atoms with Crippen molar-refractivity contribution in [3.8, 4) is 27.2 Å². The molecule has 210 valence electrons. The Kier molecular flexibility index (Phi) is 8.52. The summed E-state index contributed by atoms with van der Waals surface area (Å²) < 4.78 is 23.8. The zero-order valence-electron chi connectivity index (χ0n) is 23.0. The number of anilines is 1. The van der Waals surface area contributed by atoms with Crippen molar-refractivity contribution in [2.24, 2.45) is 5.92 Å². The van der Waals surface area contributed by atoms with Crippen LogP contribution in [0.3, 0.4) is 0 Å². The molecule has 10 heteroatoms. The Labute approximate surface area is 240 Å². The van der Waals surface area contributed by atoms with Gasteiger partial charge in [-0.3, -0.25) is 9.78 Å². The number of nitrogens with one attached hydrogen (secondary N) is 1. The molecule has 1 N–H and O–H groups in total. The van der Waals surface area contributed by atoms with Crippen LogP contribution in [0.2, 0.25) is 0 Å². The third-order valence-electron chi connectivity index (χ3n) is 7.96. The molecule has 40 heavy (non-hydrogen) atoms. The monoisotopic (exact) mass is 577 g/mol. The molecule has 3 heterocycles. The second kappa shape index (κ2) is 12.1. The first-order valence-electron chi connectivity index (χ1n) is 14.0. The van der Waals surface area contributed by atoms with Gasteiger partial charge < -0.3 is 10.2 Å². The molecule has 1 aromatic carbocycles. The Balaban J connectivity index is 1.50. The SMILES string of the molecule is CCC(C#N)NC(=O)C1CCCCC1c1nc(-c2ccc(C)cn2)sc1-c1ccc(N2CCS(=O)(=O)CC2)cc1. The first kappa shape index (κ1) is 28.2. The first-order chi connectivity index (χ1) is 19.3. The lowest BCUT2D eigenvalue weighted by molar-refractivity contribution is -0.127. The van der Waals surface area contributed by atoms with E-state index in [1.165, 1.54) is 0 Å². The van der Waals surface area contributed by atoms with E-state index in [9.17, 15) is 18.5 Å². The minimum atomic E-state index is -2.95. The summed E-state index contributed by atoms with van der Waals surface area (Å²) in [5, 5.41) is 13.2. The number of nitriles is 1. The van der Waals surface area contributed by atoms with Gasteiger partial charge in [0, 0.05) is 36.8 Å². The van der Waals surface area contributed by atoms with Crippen LogP contribution in [0.15, 0.2) is 42.6 Å². The third kappa shape index (κ3) is 6.21. The normalized spacial score (nSPS) is 21.4. The predicted molar refractivity (Wildman–Crippen MR) is 159 cm³/mol. The van der Waals surface area contributed by atoms with E-state index >= 15 is 0 Å². The molecule has 1 aliphatic carbocycles. The molecule has 1 amide bonds. The fourth-order valence-corrected chi connectivity index (χ4v) is 7.88. The van der Waals surface area contributed by atoms with E-state index < -0.39 is 15.9 Å². The van der Waals surface area contributed by atoms with E-state index in [1.54, 1.807) is 11.3 Å². The summed E-state index contributed by atoms with van der Waals surface area (Å²) in [6, 6.07) is 13.9. The van der Waals surface area contributed by atoms with Gasteiger partial charge in [0.25, 0.3) is 0 Å². The summed E-state index contributed by atoms with van der Waals surface area (Å²) >= 11 is 1.59. The van der Waals surface area contributed by atoms with Gasteiger partial charge in [-0.05, 0) is 55.5 Å². The number of thiazole rings is 1. The third-order valence-corrected chi connectivity index (χ3v) is 10.7. The van der Waals surface area contributed by atoms with Crippen molar-refractivity contribution in [1.29, 1.82) is 5.26 Å². The Bertz CT molecular complexity index is 1480. The lowest BCUT2D eigenvalue weighted by Crippen LogP contribution is -2.41. The number of benzene rings is 1. The number of aryl methyl sites for hydroxylation is 1. The molecule has 1 saturated carbocycles. The highest BCUT2D eigenvalue weighted by molar-refractivity contribution is 7.91. The molecule has 3 aromatic rings. The zero-order valence-corrected chi connectivity index (χ0v) is 24.6. The smallest absolute Gasteiger partial charge is 0.224 e. The van der Waals surface area contributed by atoms with Crippen LogP contribution in [0.4, 0.5) is 5.69 Å². The molecule has 3 unspecified atom stereocenters. The minimum Gasteiger partial charge on any atom is -0.369 e. The molecule has 5 rings (SSSR count). The Morgan fingerprint density at radius 2 is 1.88 bits per heavy atom. The van der Waals surface area contributed by atoms with Gasteiger partial charge in [0.15, 0.2) is 9.84 Å². The number of amides is 1. The van der Waals surface area contributed by atoms with Gasteiger partial charge >= 0.3 is 0 Å². The number of hydrogen-bond donors (Lipinski definition) is 1. The Morgan fingerprint density at radius 3 is 2.52 bits per heavy atom. The fourth-order valence-electron chi connectivity index (χ4n) is 5.56. The van der Waals surface area contributed by atoms with E-state index in [0.29, 0.717) is 19.5 Å². The number of hydrogen-bond acceptors (Lipinski definition) is 8. The second-order valence-electron chi connectivity index (χ2n) is 10.7. The summed E-state index contributed by atoms with van der Waals surface area (Å²) in [7, 11) is -2.95. The van der Waals surface area contributed by atoms with Crippen molar-refractivity contribution in [3.63, 3.8) is 0 Å². The molecule has 2 aliphatic rings. The molecule has 2 aromatic heterocycles. The van der Waals surface area contributed by atoms with Crippen LogP contribution in [0, 0.1) is 24.2 Å². The Hall–Kier alpha value is -3.29. The molecule has 0 radical (unpaired) electrons. The maximum Gasteiger partial charge on any atom is 0.224 e. The number of rotatable bonds is 7. The lowest BCUT2D eigenvalue weighted by atomic mass is 9.76. The van der Waals surface area contributed by atoms with Gasteiger partial charge in [-0.1, -0.05) is 38.0 Å². The largest absolute Gasteiger partial charge is 0.369 e. The average Bonchev–Trinajstić information content (AvgIpc) is 3.41. The van der Waals surface area contributed by atoms with Crippen molar-refractivity contribution in [3.05, 3.63) is 53.9 Å². The molecule has 1 aliphatic heterocycles. The molecule has 1 saturated heterocycles. The van der Waals surface area contributed by atoms with Gasteiger partial charge in [-0.2, -0.15) is 5.26 Å². The van der Waals surface area contributed by atoms with Crippen molar-refractivity contribution < 1.29 is 13.2 Å². The van der Waals surface area contributed by atoms with E-state index in [4.69, 9.17) is 4.98 Å². The van der Waals surface area contributed by atoms with Crippen LogP contribution >= 0.6 is 11.3 Å². The van der Waals surface area contributed by atoms with Crippen LogP contribution in [0.5, 0.6) is 0 Å². The fraction of sp³-hybridized carbons (Fsp3) is 0.467. The molecule has 3 atom stereocenters. The number of sulfone groups is 1. The predicted octanol–water partition coefficient (Wildman–Crippen LogP) is 5.11. The van der Waals surface area contributed by atoms with Crippen LogP contribution in [0.25, 0.3) is 21.1 Å². The van der Waals surface area contributed by atoms with Crippen LogP contribution in [0.1, 0.15) is 56.2 Å². The van der Waals surface area contributed by atoms with Crippen LogP contribution in [-0.4, -0.2) is 54.9 Å². The molecule has 0 spiro atoms. The summed E-state index contributed by atoms with van der Waals surface area (Å²) in [5.74, 6) is -0.0114. The molecule has 8 nitrogen and oxygen atoms in total. The van der Waals surface area contributed by atoms with Gasteiger partial charge in [0.2, 0.25) is 5.91 Å². The number of carbonyl (C=O) groups is 1. The molecular formula is C30H35N5O3S2. The van der Waals surface area contributed by atoms with E-state index in [-0.39, 0.29) is 29.2 Å². The molecule has 2 fully saturated rings. The van der Waals surface area contributed by atoms with E-state index in [1.807, 2.05) is 44.3 Å². The lowest BCUT2D eigenvalue weighted by Gasteiger charge is -2.31. The number of carbonyl (C=O) groups excluding carboxylic acids is 1. The average molecular weight is 578 g/mol. The van der Waals surface area contributed by atoms with Gasteiger partial charge in [-0.25, -0.2) is 13.4 Å². The number of pyridine rings is 1. The minimum absolute atomic E-state index is 0.0534. The van der Waals surface area contributed by atoms with Crippen molar-refractivity contribution in [2.45, 2.75) is 57.9 Å². The summed E-state index contributed by atoms with van der Waals surface area (Å²) in [4.78, 5) is 26.3. The first-order valence-corrected chi connectivity index (χ1v) is 16.6. The van der Waals surface area contributed by atoms with Crippen molar-refractivity contribution >= 4 is 32.8 Å². The standard InChI is InChI=1S/C30H35N5O3S2/c1-3-22(18-31)33-29(36)25-7-5-4-6-24(25)27-28(39-30(34-27)26-13-8-20(2)19-32-26)21-9-11-23(12-10-21)35-14-16-40(37,38)17-15-35/h8-13,19,22,24-25H,3-7,14-17H2,1-2H3,(H,33,36). The van der Waals surface area contributed by atoms with Gasteiger partial charge in [0.05, 0.1) is 33.8 Å². The molecule has 0 bridgehead atoms. The second-order valence-corrected chi connectivity index (χ2v) is 14.0. The highest BCUT2D eigenvalue weighted by atomic mass is 32.2. The van der Waals surface area contributed by atoms with Crippen LogP contribution < -0.4 is 10.2 Å². The van der Waals surface area contributed by atoms with Gasteiger partial charge in [-0.15, -0.1) is 11.3 Å². The van der Waals surface area contributed by atoms with E-state index in [2.05, 4.69) is 33.4 Å². The van der Waals surface area contributed by atoms with Gasteiger partial charge in [0.1, 0.15) is 11.0 Å². The van der Waals surface area contributed by atoms with Crippen molar-refractivity contribution in [1.82, 2.24) is 15.3 Å². The maximum absolute atomic E-state index is 13.4. The van der Waals surface area contributed by atoms with Crippen LogP contribution in [-0.2, 0) is 14.6 Å². The highest BCUT2D eigenvalue weighted by Crippen LogP contribution is 2.45. The van der Waals surface area contributed by atoms with E-state index in [0.717, 1.165) is 63.8 Å². The topological polar surface area (TPSA) is 116 Å². The molecular weight excluding hydrogens is 542 g/mol. The maximum atomic E-state index is 13.4. The number of nitrogens with zero attached hydrogens (tertiary/aromatic N) is 4. The summed E-state index contributed by atoms with van der Waals surface area (Å²) in [6.45, 7) is 4.90. The zero-order chi connectivity index (χ0) is 28.3. The quantitative estimate of drug-likeness (QED) is 0.415. The highest BCUT2D eigenvalue weighted by Gasteiger charge is 2.36. The summed E-state index contributed by atoms with van der Waals surface area (Å²) in [5.41, 5.74) is 4.83.